The van der Waals surface area contributed by atoms with E-state index in [0.29, 0.717) is 55.4 Å². The van der Waals surface area contributed by atoms with E-state index in [1.807, 2.05) is 31.2 Å². The van der Waals surface area contributed by atoms with E-state index in [1.54, 1.807) is 36.3 Å². The molecule has 0 aliphatic carbocycles. The molecule has 2 heterocycles. The fourth-order valence-electron chi connectivity index (χ4n) is 4.38. The van der Waals surface area contributed by atoms with Crippen LogP contribution in [-0.2, 0) is 4.79 Å². The molecule has 174 valence electrons. The minimum Gasteiger partial charge on any atom is -0.496 e. The number of likely N-dealkylation sites (tertiary alicyclic amines) is 1. The highest BCUT2D eigenvalue weighted by Gasteiger charge is 2.44. The summed E-state index contributed by atoms with van der Waals surface area (Å²) in [6, 6.07) is 11.0. The quantitative estimate of drug-likeness (QED) is 0.615. The van der Waals surface area contributed by atoms with Crippen molar-refractivity contribution in [1.82, 2.24) is 4.90 Å². The smallest absolute Gasteiger partial charge is 0.246 e. The van der Waals surface area contributed by atoms with Gasteiger partial charge in [-0.25, -0.2) is 0 Å². The van der Waals surface area contributed by atoms with Gasteiger partial charge in [0, 0.05) is 44.1 Å². The molecule has 7 heteroatoms. The Hall–Kier alpha value is -3.48. The van der Waals surface area contributed by atoms with E-state index in [9.17, 15) is 9.59 Å². The van der Waals surface area contributed by atoms with Crippen LogP contribution in [0, 0.1) is 0 Å². The Bertz CT molecular complexity index is 1050. The molecule has 0 bridgehead atoms. The summed E-state index contributed by atoms with van der Waals surface area (Å²) >= 11 is 0. The Balaban J connectivity index is 1.41. The lowest BCUT2D eigenvalue weighted by atomic mass is 9.82. The highest BCUT2D eigenvalue weighted by molar-refractivity contribution is 6.03. The summed E-state index contributed by atoms with van der Waals surface area (Å²) in [5.41, 5.74) is 0.776. The fourth-order valence-corrected chi connectivity index (χ4v) is 4.38. The number of carbonyl (C=O) groups excluding carboxylic acids is 2. The first-order valence-electron chi connectivity index (χ1n) is 11.1. The highest BCUT2D eigenvalue weighted by atomic mass is 16.5. The number of benzene rings is 2. The molecule has 0 N–H and O–H groups in total. The maximum atomic E-state index is 13.0. The maximum absolute atomic E-state index is 13.0. The number of rotatable bonds is 6. The average Bonchev–Trinajstić information content (AvgIpc) is 2.83. The number of amides is 1. The molecule has 0 atom stereocenters. The Morgan fingerprint density at radius 3 is 2.45 bits per heavy atom. The summed E-state index contributed by atoms with van der Waals surface area (Å²) in [6.07, 6.45) is 4.83. The van der Waals surface area contributed by atoms with Gasteiger partial charge in [0.25, 0.3) is 0 Å². The molecule has 0 saturated carbocycles. The second kappa shape index (κ2) is 9.57. The van der Waals surface area contributed by atoms with E-state index in [1.165, 1.54) is 7.11 Å². The number of methoxy groups -OCH3 is 2. The molecule has 1 amide bonds. The van der Waals surface area contributed by atoms with Crippen molar-refractivity contribution in [2.75, 3.05) is 33.9 Å². The lowest BCUT2D eigenvalue weighted by Gasteiger charge is -2.44. The number of hydrogen-bond acceptors (Lipinski definition) is 6. The van der Waals surface area contributed by atoms with Gasteiger partial charge >= 0.3 is 0 Å². The number of carbonyl (C=O) groups is 2. The minimum atomic E-state index is -0.614. The Morgan fingerprint density at radius 1 is 1.09 bits per heavy atom. The zero-order valence-electron chi connectivity index (χ0n) is 19.3. The summed E-state index contributed by atoms with van der Waals surface area (Å²) in [5, 5.41) is 0. The molecular formula is C26H29NO6. The van der Waals surface area contributed by atoms with E-state index in [-0.39, 0.29) is 18.1 Å². The van der Waals surface area contributed by atoms with Crippen molar-refractivity contribution >= 4 is 17.8 Å². The van der Waals surface area contributed by atoms with Gasteiger partial charge in [-0.2, -0.15) is 0 Å². The lowest BCUT2D eigenvalue weighted by molar-refractivity contribution is -0.129. The molecule has 0 radical (unpaired) electrons. The van der Waals surface area contributed by atoms with Gasteiger partial charge in [0.15, 0.2) is 5.78 Å². The van der Waals surface area contributed by atoms with E-state index in [2.05, 4.69) is 0 Å². The van der Waals surface area contributed by atoms with Gasteiger partial charge in [-0.15, -0.1) is 0 Å². The minimum absolute atomic E-state index is 0.00840. The predicted molar refractivity (Wildman–Crippen MR) is 124 cm³/mol. The summed E-state index contributed by atoms with van der Waals surface area (Å²) in [7, 11) is 3.09. The average molecular weight is 452 g/mol. The summed E-state index contributed by atoms with van der Waals surface area (Å²) in [5.74, 6) is 2.26. The fraction of sp³-hybridized carbons (Fsp3) is 0.385. The number of fused-ring (bicyclic) bond motifs is 1. The van der Waals surface area contributed by atoms with E-state index in [0.717, 1.165) is 11.3 Å². The van der Waals surface area contributed by atoms with Crippen LogP contribution in [0.5, 0.6) is 23.0 Å². The van der Waals surface area contributed by atoms with Crippen LogP contribution in [0.4, 0.5) is 0 Å². The Morgan fingerprint density at radius 2 is 1.82 bits per heavy atom. The van der Waals surface area contributed by atoms with E-state index >= 15 is 0 Å². The number of ether oxygens (including phenoxy) is 4. The normalized spacial score (nSPS) is 16.9. The van der Waals surface area contributed by atoms with Crippen LogP contribution in [0.3, 0.4) is 0 Å². The van der Waals surface area contributed by atoms with E-state index in [4.69, 9.17) is 18.9 Å². The molecule has 0 aromatic heterocycles. The van der Waals surface area contributed by atoms with Crippen molar-refractivity contribution in [1.29, 1.82) is 0 Å². The van der Waals surface area contributed by atoms with Crippen molar-refractivity contribution in [3.05, 3.63) is 53.6 Å². The molecule has 1 saturated heterocycles. The number of ketones is 1. The van der Waals surface area contributed by atoms with Crippen LogP contribution >= 0.6 is 0 Å². The van der Waals surface area contributed by atoms with Gasteiger partial charge in [0.05, 0.1) is 27.2 Å². The molecule has 2 aliphatic rings. The SMILES string of the molecule is CCOc1ccc(/C=C/C(=O)N2CCC3(CC2)CC(=O)c2c(OC)cc(OC)cc2O3)cc1. The van der Waals surface area contributed by atoms with Crippen molar-refractivity contribution in [2.45, 2.75) is 31.8 Å². The van der Waals surface area contributed by atoms with Crippen LogP contribution in [0.2, 0.25) is 0 Å². The van der Waals surface area contributed by atoms with Gasteiger partial charge in [0.2, 0.25) is 5.91 Å². The first-order valence-corrected chi connectivity index (χ1v) is 11.1. The topological polar surface area (TPSA) is 74.3 Å². The summed E-state index contributed by atoms with van der Waals surface area (Å²) in [4.78, 5) is 27.5. The van der Waals surface area contributed by atoms with Crippen molar-refractivity contribution in [3.63, 3.8) is 0 Å². The molecule has 4 rings (SSSR count). The molecule has 33 heavy (non-hydrogen) atoms. The van der Waals surface area contributed by atoms with Gasteiger partial charge in [-0.3, -0.25) is 9.59 Å². The Labute approximate surface area is 193 Å². The van der Waals surface area contributed by atoms with Crippen molar-refractivity contribution in [2.24, 2.45) is 0 Å². The molecule has 2 aliphatic heterocycles. The molecule has 1 fully saturated rings. The summed E-state index contributed by atoms with van der Waals surface area (Å²) < 4.78 is 22.5. The van der Waals surface area contributed by atoms with Crippen molar-refractivity contribution in [3.8, 4) is 23.0 Å². The first kappa shape index (κ1) is 22.7. The molecule has 1 spiro atoms. The monoisotopic (exact) mass is 451 g/mol. The third-order valence-corrected chi connectivity index (χ3v) is 6.18. The third-order valence-electron chi connectivity index (χ3n) is 6.18. The predicted octanol–water partition coefficient (Wildman–Crippen LogP) is 4.14. The van der Waals surface area contributed by atoms with Crippen LogP contribution in [0.1, 0.15) is 42.1 Å². The largest absolute Gasteiger partial charge is 0.496 e. The lowest BCUT2D eigenvalue weighted by Crippen LogP contribution is -2.52. The third kappa shape index (κ3) is 4.82. The van der Waals surface area contributed by atoms with Gasteiger partial charge < -0.3 is 23.8 Å². The molecule has 7 nitrogen and oxygen atoms in total. The van der Waals surface area contributed by atoms with Crippen LogP contribution < -0.4 is 18.9 Å². The molecule has 2 aromatic carbocycles. The van der Waals surface area contributed by atoms with Crippen molar-refractivity contribution < 1.29 is 28.5 Å². The summed E-state index contributed by atoms with van der Waals surface area (Å²) in [6.45, 7) is 3.61. The zero-order valence-corrected chi connectivity index (χ0v) is 19.3. The number of hydrogen-bond donors (Lipinski definition) is 0. The number of nitrogens with zero attached hydrogens (tertiary/aromatic N) is 1. The number of Topliss-reactive ketones (excluding diaryl/α,β-unsaturated/α-hetero) is 1. The van der Waals surface area contributed by atoms with E-state index < -0.39 is 5.60 Å². The molecule has 2 aromatic rings. The zero-order chi connectivity index (χ0) is 23.4. The molecular weight excluding hydrogens is 422 g/mol. The van der Waals surface area contributed by atoms with Gasteiger partial charge in [-0.05, 0) is 30.7 Å². The number of piperidine rings is 1. The van der Waals surface area contributed by atoms with Gasteiger partial charge in [0.1, 0.15) is 34.2 Å². The van der Waals surface area contributed by atoms with Gasteiger partial charge in [-0.1, -0.05) is 12.1 Å². The van der Waals surface area contributed by atoms with Crippen LogP contribution in [0.15, 0.2) is 42.5 Å². The first-order chi connectivity index (χ1) is 16.0. The maximum Gasteiger partial charge on any atom is 0.246 e. The van der Waals surface area contributed by atoms with Crippen LogP contribution in [0.25, 0.3) is 6.08 Å². The molecule has 0 unspecified atom stereocenters. The standard InChI is InChI=1S/C26H29NO6/c1-4-32-19-8-5-18(6-9-19)7-10-24(29)27-13-11-26(12-14-27)17-21(28)25-22(31-3)15-20(30-2)16-23(25)33-26/h5-10,15-16H,4,11-14,17H2,1-3H3/b10-7+. The highest BCUT2D eigenvalue weighted by Crippen LogP contribution is 2.44. The Kier molecular flexibility index (Phi) is 6.58. The van der Waals surface area contributed by atoms with Crippen LogP contribution in [-0.4, -0.2) is 56.1 Å². The second-order valence-electron chi connectivity index (χ2n) is 8.25. The second-order valence-corrected chi connectivity index (χ2v) is 8.25.